The topological polar surface area (TPSA) is 49.3 Å². The van der Waals surface area contributed by atoms with E-state index in [-0.39, 0.29) is 36.3 Å². The number of aliphatic hydroxyl groups excluding tert-OH is 1. The molecule has 3 atom stereocenters. The van der Waals surface area contributed by atoms with Gasteiger partial charge in [-0.2, -0.15) is 0 Å². The minimum absolute atomic E-state index is 0.0177. The lowest BCUT2D eigenvalue weighted by atomic mass is 10.0. The highest BCUT2D eigenvalue weighted by Crippen LogP contribution is 2.48. The third-order valence-corrected chi connectivity index (χ3v) is 4.06. The second-order valence-electron chi connectivity index (χ2n) is 5.99. The summed E-state index contributed by atoms with van der Waals surface area (Å²) in [5.41, 5.74) is 0.403. The number of hydrogen-bond donors (Lipinski definition) is 2. The fourth-order valence-corrected chi connectivity index (χ4v) is 2.63. The van der Waals surface area contributed by atoms with Crippen molar-refractivity contribution >= 4 is 5.91 Å². The van der Waals surface area contributed by atoms with E-state index in [0.717, 1.165) is 6.07 Å². The third-order valence-electron chi connectivity index (χ3n) is 4.06. The molecule has 116 valence electrons. The normalized spacial score (nSPS) is 22.2. The summed E-state index contributed by atoms with van der Waals surface area (Å²) in [6.07, 6.45) is 1.09. The summed E-state index contributed by atoms with van der Waals surface area (Å²) in [4.78, 5) is 12.2. The van der Waals surface area contributed by atoms with E-state index < -0.39 is 11.6 Å². The van der Waals surface area contributed by atoms with Crippen LogP contribution in [-0.2, 0) is 4.79 Å². The van der Waals surface area contributed by atoms with Gasteiger partial charge in [-0.3, -0.25) is 4.79 Å². The van der Waals surface area contributed by atoms with Crippen LogP contribution in [0, 0.1) is 23.5 Å². The molecule has 1 amide bonds. The van der Waals surface area contributed by atoms with Crippen molar-refractivity contribution in [2.75, 3.05) is 6.61 Å². The van der Waals surface area contributed by atoms with Crippen molar-refractivity contribution in [3.8, 4) is 0 Å². The van der Waals surface area contributed by atoms with Crippen molar-refractivity contribution in [2.24, 2.45) is 11.8 Å². The molecule has 2 rings (SSSR count). The molecule has 3 nitrogen and oxygen atoms in total. The maximum absolute atomic E-state index is 13.7. The molecule has 0 radical (unpaired) electrons. The van der Waals surface area contributed by atoms with Gasteiger partial charge in [0.25, 0.3) is 0 Å². The Balaban J connectivity index is 1.97. The molecule has 1 aromatic carbocycles. The van der Waals surface area contributed by atoms with Crippen LogP contribution in [-0.4, -0.2) is 23.7 Å². The Kier molecular flexibility index (Phi) is 4.93. The van der Waals surface area contributed by atoms with Crippen molar-refractivity contribution in [3.05, 3.63) is 35.4 Å². The van der Waals surface area contributed by atoms with Crippen LogP contribution in [0.25, 0.3) is 0 Å². The highest BCUT2D eigenvalue weighted by Gasteiger charge is 2.45. The van der Waals surface area contributed by atoms with Crippen molar-refractivity contribution < 1.29 is 18.7 Å². The highest BCUT2D eigenvalue weighted by atomic mass is 19.1. The summed E-state index contributed by atoms with van der Waals surface area (Å²) in [7, 11) is 0. The molecule has 1 aromatic rings. The van der Waals surface area contributed by atoms with Gasteiger partial charge in [0.05, 0.1) is 0 Å². The Morgan fingerprint density at radius 1 is 1.43 bits per heavy atom. The maximum Gasteiger partial charge on any atom is 0.223 e. The van der Waals surface area contributed by atoms with E-state index in [1.54, 1.807) is 0 Å². The summed E-state index contributed by atoms with van der Waals surface area (Å²) in [5, 5.41) is 11.9. The minimum atomic E-state index is -0.610. The molecule has 3 unspecified atom stereocenters. The van der Waals surface area contributed by atoms with Crippen LogP contribution in [0.3, 0.4) is 0 Å². The number of nitrogens with one attached hydrogen (secondary N) is 1. The van der Waals surface area contributed by atoms with E-state index in [0.29, 0.717) is 18.4 Å². The summed E-state index contributed by atoms with van der Waals surface area (Å²) in [6.45, 7) is 3.97. The summed E-state index contributed by atoms with van der Waals surface area (Å²) < 4.78 is 26.6. The molecule has 1 fully saturated rings. The SMILES string of the molecule is CC(C)C(CCO)NC(=O)C1CC1c1ccc(F)cc1F. The van der Waals surface area contributed by atoms with E-state index in [2.05, 4.69) is 5.32 Å². The van der Waals surface area contributed by atoms with Crippen molar-refractivity contribution in [3.63, 3.8) is 0 Å². The zero-order valence-electron chi connectivity index (χ0n) is 12.3. The zero-order valence-corrected chi connectivity index (χ0v) is 12.3. The number of benzene rings is 1. The number of carbonyl (C=O) groups excluding carboxylic acids is 1. The molecule has 0 bridgehead atoms. The first kappa shape index (κ1) is 15.9. The molecule has 5 heteroatoms. The molecule has 0 heterocycles. The van der Waals surface area contributed by atoms with Gasteiger partial charge >= 0.3 is 0 Å². The second-order valence-corrected chi connectivity index (χ2v) is 5.99. The molecular weight excluding hydrogens is 276 g/mol. The van der Waals surface area contributed by atoms with E-state index in [9.17, 15) is 13.6 Å². The first-order valence-electron chi connectivity index (χ1n) is 7.30. The second kappa shape index (κ2) is 6.52. The average molecular weight is 297 g/mol. The van der Waals surface area contributed by atoms with Crippen molar-refractivity contribution in [1.82, 2.24) is 5.32 Å². The van der Waals surface area contributed by atoms with Crippen LogP contribution in [0.5, 0.6) is 0 Å². The minimum Gasteiger partial charge on any atom is -0.396 e. The van der Waals surface area contributed by atoms with Gasteiger partial charge in [0, 0.05) is 24.6 Å². The smallest absolute Gasteiger partial charge is 0.223 e. The molecule has 0 aromatic heterocycles. The molecule has 2 N–H and O–H groups in total. The molecule has 1 saturated carbocycles. The van der Waals surface area contributed by atoms with Gasteiger partial charge < -0.3 is 10.4 Å². The Morgan fingerprint density at radius 2 is 2.14 bits per heavy atom. The largest absolute Gasteiger partial charge is 0.396 e. The lowest BCUT2D eigenvalue weighted by Gasteiger charge is -2.21. The van der Waals surface area contributed by atoms with E-state index in [4.69, 9.17) is 5.11 Å². The lowest BCUT2D eigenvalue weighted by Crippen LogP contribution is -2.40. The third kappa shape index (κ3) is 3.79. The Hall–Kier alpha value is -1.49. The molecule has 0 saturated heterocycles. The lowest BCUT2D eigenvalue weighted by molar-refractivity contribution is -0.123. The van der Waals surface area contributed by atoms with Gasteiger partial charge in [-0.1, -0.05) is 19.9 Å². The zero-order chi connectivity index (χ0) is 15.6. The van der Waals surface area contributed by atoms with E-state index >= 15 is 0 Å². The van der Waals surface area contributed by atoms with Gasteiger partial charge in [0.1, 0.15) is 11.6 Å². The van der Waals surface area contributed by atoms with Crippen LogP contribution >= 0.6 is 0 Å². The first-order chi connectivity index (χ1) is 9.93. The first-order valence-corrected chi connectivity index (χ1v) is 7.30. The fourth-order valence-electron chi connectivity index (χ4n) is 2.63. The number of amides is 1. The van der Waals surface area contributed by atoms with Gasteiger partial charge in [0.2, 0.25) is 5.91 Å². The van der Waals surface area contributed by atoms with Crippen LogP contribution in [0.2, 0.25) is 0 Å². The molecule has 0 spiro atoms. The molecule has 0 aliphatic heterocycles. The Bertz CT molecular complexity index is 519. The van der Waals surface area contributed by atoms with Crippen LogP contribution in [0.15, 0.2) is 18.2 Å². The molecule has 1 aliphatic carbocycles. The summed E-state index contributed by atoms with van der Waals surface area (Å²) >= 11 is 0. The molecule has 21 heavy (non-hydrogen) atoms. The van der Waals surface area contributed by atoms with Gasteiger partial charge in [-0.15, -0.1) is 0 Å². The van der Waals surface area contributed by atoms with Crippen LogP contribution < -0.4 is 5.32 Å². The van der Waals surface area contributed by atoms with Crippen LogP contribution in [0.4, 0.5) is 8.78 Å². The number of halogens is 2. The quantitative estimate of drug-likeness (QED) is 0.848. The van der Waals surface area contributed by atoms with E-state index in [1.807, 2.05) is 13.8 Å². The van der Waals surface area contributed by atoms with Gasteiger partial charge in [-0.25, -0.2) is 8.78 Å². The Labute approximate surface area is 123 Å². The van der Waals surface area contributed by atoms with Crippen LogP contribution in [0.1, 0.15) is 38.2 Å². The predicted molar refractivity (Wildman–Crippen MR) is 75.7 cm³/mol. The molecular formula is C16H21F2NO2. The summed E-state index contributed by atoms with van der Waals surface area (Å²) in [5.74, 6) is -1.53. The van der Waals surface area contributed by atoms with Gasteiger partial charge in [-0.05, 0) is 36.3 Å². The summed E-state index contributed by atoms with van der Waals surface area (Å²) in [6, 6.07) is 3.40. The fraction of sp³-hybridized carbons (Fsp3) is 0.562. The highest BCUT2D eigenvalue weighted by molar-refractivity contribution is 5.83. The monoisotopic (exact) mass is 297 g/mol. The molecule has 1 aliphatic rings. The number of aliphatic hydroxyl groups is 1. The maximum atomic E-state index is 13.7. The van der Waals surface area contributed by atoms with Gasteiger partial charge in [0.15, 0.2) is 0 Å². The number of carbonyl (C=O) groups is 1. The predicted octanol–water partition coefficient (Wildman–Crippen LogP) is 2.59. The van der Waals surface area contributed by atoms with Crippen molar-refractivity contribution in [2.45, 2.75) is 38.6 Å². The number of rotatable bonds is 6. The Morgan fingerprint density at radius 3 is 2.71 bits per heavy atom. The number of hydrogen-bond acceptors (Lipinski definition) is 2. The van der Waals surface area contributed by atoms with E-state index in [1.165, 1.54) is 12.1 Å². The standard InChI is InChI=1S/C16H21F2NO2/c1-9(2)15(5-6-20)19-16(21)13-8-12(13)11-4-3-10(17)7-14(11)18/h3-4,7,9,12-13,15,20H,5-6,8H2,1-2H3,(H,19,21). The average Bonchev–Trinajstić information content (AvgIpc) is 3.18. The van der Waals surface area contributed by atoms with Crippen molar-refractivity contribution in [1.29, 1.82) is 0 Å².